The van der Waals surface area contributed by atoms with E-state index in [0.717, 1.165) is 38.5 Å². The molecule has 8 rings (SSSR count). The molecular formula is C56H67FN6O7. The maximum atomic E-state index is 16.2. The zero-order valence-corrected chi connectivity index (χ0v) is 41.9. The fourth-order valence-corrected chi connectivity index (χ4v) is 11.5. The minimum atomic E-state index is -2.12. The molecule has 0 aromatic heterocycles. The van der Waals surface area contributed by atoms with Crippen molar-refractivity contribution in [1.29, 1.82) is 0 Å². The Kier molecular flexibility index (Phi) is 14.0. The van der Waals surface area contributed by atoms with E-state index >= 15 is 28.8 Å². The van der Waals surface area contributed by atoms with Gasteiger partial charge in [-0.25, -0.2) is 23.8 Å². The van der Waals surface area contributed by atoms with Gasteiger partial charge in [0, 0.05) is 23.1 Å². The standard InChI is InChI=1S/C56H67FN6O7/c1-33(2)41-20-16-21-42(34(3)4)45(41)58-49(64)47(60-51(66)55(30-13-14-31-55)62(53(60)68)38-26-24-37(57)25-27-38)48(50(65)59-46-43(35(5)6)22-17-23-44(46)36(7)8)61-52(67)56(28-11-10-12-29-56)63(54(61)69)39-18-15-19-40(32-39)70-9/h15-27,32-36,47-48H,10-14,28-31H2,1-9H3,(H,58,64)(H,59,65). The summed E-state index contributed by atoms with van der Waals surface area (Å²) in [6.07, 6.45) is 4.08. The Bertz CT molecular complexity index is 2630. The van der Waals surface area contributed by atoms with Crippen LogP contribution in [0.5, 0.6) is 5.75 Å². The van der Waals surface area contributed by atoms with Gasteiger partial charge in [0.05, 0.1) is 12.8 Å². The van der Waals surface area contributed by atoms with Gasteiger partial charge in [0.15, 0.2) is 12.1 Å². The highest BCUT2D eigenvalue weighted by Gasteiger charge is 2.67. The molecule has 2 atom stereocenters. The van der Waals surface area contributed by atoms with Crippen LogP contribution in [0.4, 0.5) is 36.7 Å². The second-order valence-corrected chi connectivity index (χ2v) is 20.7. The molecule has 13 nitrogen and oxygen atoms in total. The summed E-state index contributed by atoms with van der Waals surface area (Å²) in [6.45, 7) is 15.9. The van der Waals surface area contributed by atoms with E-state index in [-0.39, 0.29) is 55.0 Å². The van der Waals surface area contributed by atoms with Crippen molar-refractivity contribution in [1.82, 2.24) is 9.80 Å². The van der Waals surface area contributed by atoms with Crippen LogP contribution in [0.1, 0.15) is 159 Å². The van der Waals surface area contributed by atoms with Gasteiger partial charge in [-0.15, -0.1) is 0 Å². The lowest BCUT2D eigenvalue weighted by Gasteiger charge is -2.38. The van der Waals surface area contributed by atoms with Crippen LogP contribution in [0, 0.1) is 5.82 Å². The number of urea groups is 2. The van der Waals surface area contributed by atoms with E-state index in [9.17, 15) is 4.39 Å². The summed E-state index contributed by atoms with van der Waals surface area (Å²) in [4.78, 5) is 100. The Morgan fingerprint density at radius 2 is 0.900 bits per heavy atom. The van der Waals surface area contributed by atoms with Crippen LogP contribution >= 0.6 is 0 Å². The number of methoxy groups -OCH3 is 1. The Balaban J connectivity index is 1.41. The van der Waals surface area contributed by atoms with Crippen molar-refractivity contribution < 1.29 is 37.9 Å². The summed E-state index contributed by atoms with van der Waals surface area (Å²) >= 11 is 0. The van der Waals surface area contributed by atoms with Gasteiger partial charge < -0.3 is 15.4 Å². The predicted octanol–water partition coefficient (Wildman–Crippen LogP) is 11.6. The van der Waals surface area contributed by atoms with Gasteiger partial charge in [-0.05, 0) is 108 Å². The fourth-order valence-electron chi connectivity index (χ4n) is 11.5. The molecule has 4 aromatic rings. The minimum absolute atomic E-state index is 0.106. The fraction of sp³-hybridized carbons (Fsp3) is 0.464. The lowest BCUT2D eigenvalue weighted by molar-refractivity contribution is -0.145. The number of hydrogen-bond acceptors (Lipinski definition) is 7. The molecule has 370 valence electrons. The number of nitrogens with one attached hydrogen (secondary N) is 2. The first-order valence-electron chi connectivity index (χ1n) is 25.0. The predicted molar refractivity (Wildman–Crippen MR) is 270 cm³/mol. The zero-order chi connectivity index (χ0) is 50.4. The van der Waals surface area contributed by atoms with E-state index in [1.807, 2.05) is 91.8 Å². The van der Waals surface area contributed by atoms with E-state index < -0.39 is 64.7 Å². The number of hydrogen-bond donors (Lipinski definition) is 2. The largest absolute Gasteiger partial charge is 0.497 e. The normalized spacial score (nSPS) is 18.7. The molecule has 4 fully saturated rings. The van der Waals surface area contributed by atoms with Crippen molar-refractivity contribution in [2.75, 3.05) is 27.5 Å². The lowest BCUT2D eigenvalue weighted by atomic mass is 9.80. The summed E-state index contributed by atoms with van der Waals surface area (Å²) in [6, 6.07) is 17.4. The number of anilines is 4. The number of carbonyl (C=O) groups excluding carboxylic acids is 6. The van der Waals surface area contributed by atoms with Crippen LogP contribution in [-0.2, 0) is 19.2 Å². The molecule has 2 aliphatic carbocycles. The minimum Gasteiger partial charge on any atom is -0.497 e. The average Bonchev–Trinajstić information content (AvgIpc) is 3.96. The zero-order valence-electron chi connectivity index (χ0n) is 41.9. The molecule has 2 saturated heterocycles. The Morgan fingerprint density at radius 1 is 0.529 bits per heavy atom. The number of nitrogens with zero attached hydrogens (tertiary/aromatic N) is 4. The summed E-state index contributed by atoms with van der Waals surface area (Å²) in [5, 5.41) is 6.27. The molecule has 2 unspecified atom stereocenters. The summed E-state index contributed by atoms with van der Waals surface area (Å²) in [7, 11) is 1.50. The highest BCUT2D eigenvalue weighted by atomic mass is 19.1. The highest BCUT2D eigenvalue weighted by molar-refractivity contribution is 6.23. The van der Waals surface area contributed by atoms with Crippen LogP contribution < -0.4 is 25.2 Å². The Hall–Kier alpha value is -6.57. The van der Waals surface area contributed by atoms with E-state index in [1.54, 1.807) is 24.3 Å². The van der Waals surface area contributed by atoms with Crippen LogP contribution in [0.2, 0.25) is 0 Å². The monoisotopic (exact) mass is 955 g/mol. The molecule has 8 amide bonds. The van der Waals surface area contributed by atoms with Gasteiger partial charge in [-0.1, -0.05) is 130 Å². The molecule has 0 bridgehead atoms. The number of rotatable bonds is 14. The smallest absolute Gasteiger partial charge is 0.333 e. The first-order chi connectivity index (χ1) is 33.4. The van der Waals surface area contributed by atoms with Crippen molar-refractivity contribution >= 4 is 58.4 Å². The van der Waals surface area contributed by atoms with Gasteiger partial charge >= 0.3 is 12.1 Å². The molecule has 0 radical (unpaired) electrons. The van der Waals surface area contributed by atoms with Gasteiger partial charge in [-0.2, -0.15) is 0 Å². The molecule has 2 heterocycles. The average molecular weight is 955 g/mol. The Morgan fingerprint density at radius 3 is 1.29 bits per heavy atom. The maximum absolute atomic E-state index is 16.2. The molecule has 2 saturated carbocycles. The highest BCUT2D eigenvalue weighted by Crippen LogP contribution is 2.49. The van der Waals surface area contributed by atoms with Crippen molar-refractivity contribution in [3.63, 3.8) is 0 Å². The van der Waals surface area contributed by atoms with Crippen LogP contribution in [0.15, 0.2) is 84.9 Å². The topological polar surface area (TPSA) is 149 Å². The molecule has 70 heavy (non-hydrogen) atoms. The molecule has 2 N–H and O–H groups in total. The van der Waals surface area contributed by atoms with E-state index in [2.05, 4.69) is 10.6 Å². The maximum Gasteiger partial charge on any atom is 0.333 e. The Labute approximate surface area is 411 Å². The number of para-hydroxylation sites is 2. The van der Waals surface area contributed by atoms with Gasteiger partial charge in [0.25, 0.3) is 11.8 Å². The third kappa shape index (κ3) is 8.50. The van der Waals surface area contributed by atoms with Crippen LogP contribution in [-0.4, -0.2) is 75.8 Å². The van der Waals surface area contributed by atoms with Crippen molar-refractivity contribution in [2.24, 2.45) is 0 Å². The first kappa shape index (κ1) is 49.8. The summed E-state index contributed by atoms with van der Waals surface area (Å²) in [5.41, 5.74) is 1.55. The number of benzene rings is 4. The second kappa shape index (κ2) is 19.7. The first-order valence-corrected chi connectivity index (χ1v) is 25.0. The third-order valence-electron chi connectivity index (χ3n) is 15.0. The van der Waals surface area contributed by atoms with Gasteiger partial charge in [0.2, 0.25) is 11.8 Å². The van der Waals surface area contributed by atoms with E-state index in [4.69, 9.17) is 4.74 Å². The van der Waals surface area contributed by atoms with E-state index in [0.29, 0.717) is 48.5 Å². The van der Waals surface area contributed by atoms with Crippen LogP contribution in [0.3, 0.4) is 0 Å². The van der Waals surface area contributed by atoms with Gasteiger partial charge in [0.1, 0.15) is 22.6 Å². The molecular weight excluding hydrogens is 888 g/mol. The van der Waals surface area contributed by atoms with Crippen molar-refractivity contribution in [2.45, 2.75) is 160 Å². The third-order valence-corrected chi connectivity index (χ3v) is 15.0. The summed E-state index contributed by atoms with van der Waals surface area (Å²) in [5.74, 6) is -3.88. The van der Waals surface area contributed by atoms with Crippen molar-refractivity contribution in [3.05, 3.63) is 113 Å². The second-order valence-electron chi connectivity index (χ2n) is 20.7. The molecule has 2 aliphatic heterocycles. The van der Waals surface area contributed by atoms with E-state index in [1.165, 1.54) is 41.2 Å². The quantitative estimate of drug-likeness (QED) is 0.120. The van der Waals surface area contributed by atoms with Gasteiger partial charge in [-0.3, -0.25) is 29.0 Å². The summed E-state index contributed by atoms with van der Waals surface area (Å²) < 4.78 is 20.2. The molecule has 14 heteroatoms. The van der Waals surface area contributed by atoms with Crippen LogP contribution in [0.25, 0.3) is 0 Å². The number of imide groups is 2. The number of halogens is 1. The lowest BCUT2D eigenvalue weighted by Crippen LogP contribution is -2.65. The molecule has 4 aliphatic rings. The molecule has 4 aromatic carbocycles. The number of amides is 8. The van der Waals surface area contributed by atoms with Crippen molar-refractivity contribution in [3.8, 4) is 5.75 Å². The number of carbonyl (C=O) groups is 6. The SMILES string of the molecule is COc1cccc(N2C(=O)N(C(C(=O)Nc3c(C(C)C)cccc3C(C)C)C(C(=O)Nc3c(C(C)C)cccc3C(C)C)N3C(=O)N(c4ccc(F)cc4)C4(CCCC4)C3=O)C(=O)C23CCCCC3)c1. The molecule has 2 spiro atoms. The number of ether oxygens (including phenoxy) is 1.